The van der Waals surface area contributed by atoms with Crippen molar-refractivity contribution in [3.05, 3.63) is 0 Å². The molecule has 0 saturated carbocycles. The largest absolute Gasteiger partial charge is 1.00 e. The third-order valence-corrected chi connectivity index (χ3v) is 0. The zero-order valence-electron chi connectivity index (χ0n) is 8.83. The number of hydrogen-bond donors (Lipinski definition) is 0. The molecule has 9 heteroatoms. The Balaban J connectivity index is -0.00000000321. The van der Waals surface area contributed by atoms with Gasteiger partial charge in [0.2, 0.25) is 0 Å². The van der Waals surface area contributed by atoms with E-state index in [1.54, 1.807) is 0 Å². The first-order valence-electron chi connectivity index (χ1n) is 1.55. The average molecular weight is 317 g/mol. The number of nitriles is 6. The predicted octanol–water partition coefficient (Wildman–Crippen LogP) is -2.05. The Kier molecular flexibility index (Phi) is 78400. The van der Waals surface area contributed by atoms with E-state index in [-0.39, 0.29) is 86.7 Å². The molecule has 0 aliphatic carbocycles. The fourth-order valence-electron chi connectivity index (χ4n) is 0. The minimum absolute atomic E-state index is 0. The van der Waals surface area contributed by atoms with Gasteiger partial charge in [-0.3, -0.25) is 0 Å². The fraction of sp³-hybridized carbons (Fsp3) is 0. The van der Waals surface area contributed by atoms with E-state index < -0.39 is 0 Å². The van der Waals surface area contributed by atoms with E-state index in [4.69, 9.17) is 31.6 Å². The first-order chi connectivity index (χ1) is 6.00. The van der Waals surface area contributed by atoms with Gasteiger partial charge in [-0.1, -0.05) is 0 Å². The van der Waals surface area contributed by atoms with Gasteiger partial charge in [-0.05, 0) is 0 Å². The molecule has 0 atom stereocenters. The molecule has 0 fully saturated rings. The Bertz CT molecular complexity index is 108. The van der Waals surface area contributed by atoms with Crippen molar-refractivity contribution < 1.29 is 86.7 Å². The van der Waals surface area contributed by atoms with Crippen molar-refractivity contribution in [1.82, 2.24) is 0 Å². The molecule has 0 aliphatic rings. The van der Waals surface area contributed by atoms with E-state index in [0.717, 1.165) is 0 Å². The van der Waals surface area contributed by atoms with Crippen LogP contribution in [0.15, 0.2) is 0 Å². The van der Waals surface area contributed by atoms with Gasteiger partial charge in [-0.25, -0.2) is 31.6 Å². The Morgan fingerprint density at radius 2 is 0.467 bits per heavy atom. The summed E-state index contributed by atoms with van der Waals surface area (Å²) >= 11 is 0. The zero-order chi connectivity index (χ0) is 12.0. The van der Waals surface area contributed by atoms with Crippen molar-refractivity contribution >= 4 is 0 Å². The molecule has 0 bridgehead atoms. The SMILES string of the molecule is C#N.C#N.C#N.C#N.C#N.C#N.[Co].[Fe].[H-].[K+]. The Hall–Kier alpha value is -0.398. The summed E-state index contributed by atoms with van der Waals surface area (Å²) < 4.78 is 0. The van der Waals surface area contributed by atoms with E-state index >= 15 is 0 Å². The Labute approximate surface area is 155 Å². The summed E-state index contributed by atoms with van der Waals surface area (Å²) in [6, 6.07) is 0. The monoisotopic (exact) mass is 317 g/mol. The van der Waals surface area contributed by atoms with E-state index in [1.807, 2.05) is 0 Å². The molecule has 0 unspecified atom stereocenters. The number of nitrogens with zero attached hydrogens (tertiary/aromatic N) is 6. The third kappa shape index (κ3) is 11600. The Morgan fingerprint density at radius 3 is 0.467 bits per heavy atom. The molecule has 0 aromatic heterocycles. The van der Waals surface area contributed by atoms with Gasteiger partial charge in [0, 0.05) is 73.3 Å². The molecule has 6 nitrogen and oxygen atoms in total. The molecular weight excluding hydrogens is 310 g/mol. The molecule has 1 radical (unpaired) electrons. The van der Waals surface area contributed by atoms with Gasteiger partial charge in [-0.2, -0.15) is 0 Å². The first kappa shape index (κ1) is 86.1. The van der Waals surface area contributed by atoms with Crippen LogP contribution >= 0.6 is 0 Å². The maximum Gasteiger partial charge on any atom is 1.00 e. The molecule has 0 spiro atoms. The van der Waals surface area contributed by atoms with Crippen LogP contribution in [0.5, 0.6) is 0 Å². The smallest absolute Gasteiger partial charge is 1.00 e. The van der Waals surface area contributed by atoms with Crippen molar-refractivity contribution in [2.75, 3.05) is 0 Å². The topological polar surface area (TPSA) is 143 Å². The second-order valence-corrected chi connectivity index (χ2v) is 0. The van der Waals surface area contributed by atoms with Gasteiger partial charge >= 0.3 is 51.4 Å². The average Bonchev–Trinajstić information content (AvgIpc) is 2.33. The van der Waals surface area contributed by atoms with Crippen LogP contribution in [0.25, 0.3) is 0 Å². The molecule has 0 N–H and O–H groups in total. The molecule has 0 aliphatic heterocycles. The summed E-state index contributed by atoms with van der Waals surface area (Å²) in [5, 5.41) is 39.0. The summed E-state index contributed by atoms with van der Waals surface area (Å²) in [7, 11) is 0. The van der Waals surface area contributed by atoms with Crippen LogP contribution in [0.4, 0.5) is 0 Å². The van der Waals surface area contributed by atoms with Crippen LogP contribution in [-0.2, 0) is 33.8 Å². The molecule has 0 rings (SSSR count). The summed E-state index contributed by atoms with van der Waals surface area (Å²) in [6.07, 6.45) is 0. The van der Waals surface area contributed by atoms with Crippen LogP contribution in [0.2, 0.25) is 0 Å². The van der Waals surface area contributed by atoms with Gasteiger partial charge < -0.3 is 1.43 Å². The van der Waals surface area contributed by atoms with Crippen molar-refractivity contribution in [2.24, 2.45) is 0 Å². The van der Waals surface area contributed by atoms with Crippen molar-refractivity contribution in [1.29, 1.82) is 31.6 Å². The predicted molar refractivity (Wildman–Crippen MR) is 41.1 cm³/mol. The maximum absolute atomic E-state index is 6.50. The van der Waals surface area contributed by atoms with Gasteiger partial charge in [0.1, 0.15) is 0 Å². The van der Waals surface area contributed by atoms with Gasteiger partial charge in [0.25, 0.3) is 0 Å². The molecule has 0 saturated heterocycles. The molecule has 0 aromatic carbocycles. The van der Waals surface area contributed by atoms with Crippen LogP contribution in [0.1, 0.15) is 1.43 Å². The van der Waals surface area contributed by atoms with E-state index in [1.165, 1.54) is 0 Å². The normalized spacial score (nSPS) is 0.800. The molecule has 79 valence electrons. The van der Waals surface area contributed by atoms with Gasteiger partial charge in [0.05, 0.1) is 0 Å². The first-order valence-corrected chi connectivity index (χ1v) is 1.55. The molecular formula is C6H7CoFeKN6. The molecule has 0 amide bonds. The number of hydrogen-bond acceptors (Lipinski definition) is 6. The van der Waals surface area contributed by atoms with E-state index in [9.17, 15) is 0 Å². The summed E-state index contributed by atoms with van der Waals surface area (Å²) in [6.45, 7) is 21.0. The molecule has 0 aromatic rings. The van der Waals surface area contributed by atoms with Crippen LogP contribution in [0.3, 0.4) is 0 Å². The maximum atomic E-state index is 6.50. The van der Waals surface area contributed by atoms with E-state index in [2.05, 4.69) is 39.4 Å². The standard InChI is InChI=1S/6CHN.Co.Fe.K.H/c6*1-2;;;;/h6*1H;;;;/q;;;;;;;;+1;-1. The second-order valence-electron chi connectivity index (χ2n) is 0. The van der Waals surface area contributed by atoms with Crippen molar-refractivity contribution in [3.63, 3.8) is 0 Å². The van der Waals surface area contributed by atoms with E-state index in [0.29, 0.717) is 0 Å². The molecule has 0 heterocycles. The minimum Gasteiger partial charge on any atom is -1.00 e. The quantitative estimate of drug-likeness (QED) is 0.470. The Morgan fingerprint density at radius 1 is 0.467 bits per heavy atom. The minimum atomic E-state index is 0. The van der Waals surface area contributed by atoms with Crippen LogP contribution < -0.4 is 51.4 Å². The van der Waals surface area contributed by atoms with Crippen molar-refractivity contribution in [2.45, 2.75) is 0 Å². The van der Waals surface area contributed by atoms with Crippen LogP contribution in [-0.4, -0.2) is 0 Å². The van der Waals surface area contributed by atoms with Gasteiger partial charge in [0.15, 0.2) is 0 Å². The third-order valence-electron chi connectivity index (χ3n) is 0. The fourth-order valence-corrected chi connectivity index (χ4v) is 0. The number of rotatable bonds is 0. The summed E-state index contributed by atoms with van der Waals surface area (Å²) in [4.78, 5) is 0. The van der Waals surface area contributed by atoms with Crippen LogP contribution in [0, 0.1) is 71.0 Å². The zero-order valence-corrected chi connectivity index (χ0v) is 13.1. The van der Waals surface area contributed by atoms with Crippen molar-refractivity contribution in [3.8, 4) is 39.4 Å². The van der Waals surface area contributed by atoms with Gasteiger partial charge in [-0.15, -0.1) is 0 Å². The summed E-state index contributed by atoms with van der Waals surface area (Å²) in [5.41, 5.74) is 0. The second kappa shape index (κ2) is 13700. The summed E-state index contributed by atoms with van der Waals surface area (Å²) in [5.74, 6) is 0. The molecule has 15 heavy (non-hydrogen) atoms.